The Hall–Kier alpha value is -0.740. The first-order chi connectivity index (χ1) is 9.72. The zero-order chi connectivity index (χ0) is 16.0. The SMILES string of the molecule is CNC(c1cc(OC)c(OC)cc1Br)C1C(C)(C)C1(C)C. The molecule has 0 amide bonds. The molecule has 2 rings (SSSR count). The van der Waals surface area contributed by atoms with Gasteiger partial charge in [0.25, 0.3) is 0 Å². The van der Waals surface area contributed by atoms with Crippen LogP contribution in [0.1, 0.15) is 39.3 Å². The average Bonchev–Trinajstić information content (AvgIpc) is 2.83. The van der Waals surface area contributed by atoms with Crippen LogP contribution in [0.25, 0.3) is 0 Å². The lowest BCUT2D eigenvalue weighted by molar-refractivity contribution is 0.352. The Bertz CT molecular complexity index is 526. The predicted molar refractivity (Wildman–Crippen MR) is 90.1 cm³/mol. The molecular formula is C17H26BrNO2. The van der Waals surface area contributed by atoms with Crippen molar-refractivity contribution in [3.63, 3.8) is 0 Å². The summed E-state index contributed by atoms with van der Waals surface area (Å²) in [7, 11) is 5.36. The molecule has 118 valence electrons. The number of nitrogens with one attached hydrogen (secondary N) is 1. The Kier molecular flexibility index (Phi) is 4.33. The number of methoxy groups -OCH3 is 2. The van der Waals surface area contributed by atoms with Gasteiger partial charge in [0.2, 0.25) is 0 Å². The van der Waals surface area contributed by atoms with E-state index in [1.165, 1.54) is 5.56 Å². The summed E-state index contributed by atoms with van der Waals surface area (Å²) in [6.45, 7) is 9.38. The van der Waals surface area contributed by atoms with E-state index in [0.717, 1.165) is 16.0 Å². The van der Waals surface area contributed by atoms with Crippen molar-refractivity contribution in [2.45, 2.75) is 33.7 Å². The van der Waals surface area contributed by atoms with Crippen molar-refractivity contribution in [3.05, 3.63) is 22.2 Å². The molecule has 0 aliphatic heterocycles. The molecule has 3 nitrogen and oxygen atoms in total. The number of rotatable bonds is 5. The van der Waals surface area contributed by atoms with Crippen LogP contribution < -0.4 is 14.8 Å². The quantitative estimate of drug-likeness (QED) is 0.848. The van der Waals surface area contributed by atoms with Crippen molar-refractivity contribution < 1.29 is 9.47 Å². The van der Waals surface area contributed by atoms with E-state index in [1.54, 1.807) is 14.2 Å². The third kappa shape index (κ3) is 2.46. The molecular weight excluding hydrogens is 330 g/mol. The Labute approximate surface area is 136 Å². The van der Waals surface area contributed by atoms with Gasteiger partial charge >= 0.3 is 0 Å². The third-order valence-electron chi connectivity index (χ3n) is 5.61. The Morgan fingerprint density at radius 3 is 1.90 bits per heavy atom. The van der Waals surface area contributed by atoms with Crippen molar-refractivity contribution in [1.29, 1.82) is 0 Å². The molecule has 1 aromatic rings. The van der Waals surface area contributed by atoms with Crippen LogP contribution in [0.15, 0.2) is 16.6 Å². The Morgan fingerprint density at radius 2 is 1.52 bits per heavy atom. The lowest BCUT2D eigenvalue weighted by Gasteiger charge is -2.22. The minimum absolute atomic E-state index is 0.282. The molecule has 21 heavy (non-hydrogen) atoms. The van der Waals surface area contributed by atoms with E-state index in [2.05, 4.69) is 55.0 Å². The van der Waals surface area contributed by atoms with Crippen molar-refractivity contribution in [1.82, 2.24) is 5.32 Å². The van der Waals surface area contributed by atoms with Gasteiger partial charge in [0.15, 0.2) is 11.5 Å². The standard InChI is InChI=1S/C17H26BrNO2/c1-16(2)15(17(16,3)4)14(19-5)10-8-12(20-6)13(21-7)9-11(10)18/h8-9,14-15,19H,1-7H3. The Balaban J connectivity index is 2.45. The average molecular weight is 356 g/mol. The van der Waals surface area contributed by atoms with Crippen LogP contribution in [0.4, 0.5) is 0 Å². The van der Waals surface area contributed by atoms with E-state index in [-0.39, 0.29) is 6.04 Å². The molecule has 4 heteroatoms. The topological polar surface area (TPSA) is 30.5 Å². The molecule has 0 aromatic heterocycles. The smallest absolute Gasteiger partial charge is 0.161 e. The van der Waals surface area contributed by atoms with Gasteiger partial charge in [0, 0.05) is 10.5 Å². The van der Waals surface area contributed by atoms with E-state index < -0.39 is 0 Å². The van der Waals surface area contributed by atoms with Crippen molar-refractivity contribution in [2.75, 3.05) is 21.3 Å². The number of ether oxygens (including phenoxy) is 2. The highest BCUT2D eigenvalue weighted by atomic mass is 79.9. The maximum absolute atomic E-state index is 5.46. The summed E-state index contributed by atoms with van der Waals surface area (Å²) < 4.78 is 11.9. The maximum atomic E-state index is 5.46. The second-order valence-electron chi connectivity index (χ2n) is 6.92. The van der Waals surface area contributed by atoms with Gasteiger partial charge in [-0.1, -0.05) is 43.6 Å². The first-order valence-corrected chi connectivity index (χ1v) is 8.10. The van der Waals surface area contributed by atoms with Crippen molar-refractivity contribution in [3.8, 4) is 11.5 Å². The molecule has 1 aliphatic rings. The Morgan fingerprint density at radius 1 is 1.05 bits per heavy atom. The van der Waals surface area contributed by atoms with Gasteiger partial charge in [-0.25, -0.2) is 0 Å². The van der Waals surface area contributed by atoms with Gasteiger partial charge in [-0.15, -0.1) is 0 Å². The fraction of sp³-hybridized carbons (Fsp3) is 0.647. The first-order valence-electron chi connectivity index (χ1n) is 7.31. The number of hydrogen-bond donors (Lipinski definition) is 1. The molecule has 0 saturated heterocycles. The van der Waals surface area contributed by atoms with Crippen LogP contribution >= 0.6 is 15.9 Å². The van der Waals surface area contributed by atoms with Crippen molar-refractivity contribution in [2.24, 2.45) is 16.7 Å². The molecule has 1 atom stereocenters. The van der Waals surface area contributed by atoms with Crippen molar-refractivity contribution >= 4 is 15.9 Å². The fourth-order valence-electron chi connectivity index (χ4n) is 3.69. The molecule has 1 aromatic carbocycles. The first kappa shape index (κ1) is 16.6. The van der Waals surface area contributed by atoms with Gasteiger partial charge in [0.05, 0.1) is 14.2 Å². The largest absolute Gasteiger partial charge is 0.493 e. The summed E-state index contributed by atoms with van der Waals surface area (Å²) >= 11 is 3.69. The zero-order valence-corrected chi connectivity index (χ0v) is 15.6. The van der Waals surface area contributed by atoms with Crippen LogP contribution in [0, 0.1) is 16.7 Å². The second-order valence-corrected chi connectivity index (χ2v) is 7.77. The van der Waals surface area contributed by atoms with E-state index >= 15 is 0 Å². The van der Waals surface area contributed by atoms with Gasteiger partial charge in [0.1, 0.15) is 0 Å². The van der Waals surface area contributed by atoms with E-state index in [0.29, 0.717) is 16.7 Å². The normalized spacial score (nSPS) is 21.0. The summed E-state index contributed by atoms with van der Waals surface area (Å²) in [6.07, 6.45) is 0. The van der Waals surface area contributed by atoms with Crippen LogP contribution in [0.3, 0.4) is 0 Å². The lowest BCUT2D eigenvalue weighted by atomic mass is 9.96. The minimum Gasteiger partial charge on any atom is -0.493 e. The highest BCUT2D eigenvalue weighted by Gasteiger charge is 2.67. The third-order valence-corrected chi connectivity index (χ3v) is 6.30. The zero-order valence-electron chi connectivity index (χ0n) is 14.0. The molecule has 0 spiro atoms. The van der Waals surface area contributed by atoms with Crippen LogP contribution in [-0.4, -0.2) is 21.3 Å². The highest BCUT2D eigenvalue weighted by Crippen LogP contribution is 2.72. The number of hydrogen-bond acceptors (Lipinski definition) is 3. The molecule has 0 heterocycles. The van der Waals surface area contributed by atoms with Crippen LogP contribution in [-0.2, 0) is 0 Å². The molecule has 1 fully saturated rings. The van der Waals surface area contributed by atoms with Gasteiger partial charge in [-0.2, -0.15) is 0 Å². The number of halogens is 1. The molecule has 1 unspecified atom stereocenters. The van der Waals surface area contributed by atoms with Crippen LogP contribution in [0.5, 0.6) is 11.5 Å². The van der Waals surface area contributed by atoms with Crippen LogP contribution in [0.2, 0.25) is 0 Å². The number of benzene rings is 1. The van der Waals surface area contributed by atoms with Gasteiger partial charge < -0.3 is 14.8 Å². The minimum atomic E-state index is 0.282. The summed E-state index contributed by atoms with van der Waals surface area (Å²) in [5, 5.41) is 3.49. The molecule has 1 N–H and O–H groups in total. The summed E-state index contributed by atoms with van der Waals surface area (Å²) in [4.78, 5) is 0. The summed E-state index contributed by atoms with van der Waals surface area (Å²) in [6, 6.07) is 4.35. The fourth-order valence-corrected chi connectivity index (χ4v) is 4.26. The van der Waals surface area contributed by atoms with E-state index in [4.69, 9.17) is 9.47 Å². The lowest BCUT2D eigenvalue weighted by Crippen LogP contribution is -2.22. The highest BCUT2D eigenvalue weighted by molar-refractivity contribution is 9.10. The maximum Gasteiger partial charge on any atom is 0.161 e. The summed E-state index contributed by atoms with van der Waals surface area (Å²) in [5.41, 5.74) is 1.85. The van der Waals surface area contributed by atoms with Gasteiger partial charge in [-0.05, 0) is 41.5 Å². The van der Waals surface area contributed by atoms with E-state index in [1.807, 2.05) is 13.1 Å². The molecule has 1 aliphatic carbocycles. The van der Waals surface area contributed by atoms with Gasteiger partial charge in [-0.3, -0.25) is 0 Å². The molecule has 0 bridgehead atoms. The second kappa shape index (κ2) is 5.47. The molecule has 1 saturated carbocycles. The monoisotopic (exact) mass is 355 g/mol. The predicted octanol–water partition coefficient (Wildman–Crippen LogP) is 4.41. The molecule has 0 radical (unpaired) electrons. The summed E-state index contributed by atoms with van der Waals surface area (Å²) in [5.74, 6) is 2.09. The van der Waals surface area contributed by atoms with E-state index in [9.17, 15) is 0 Å².